The average molecular weight is 430 g/mol. The summed E-state index contributed by atoms with van der Waals surface area (Å²) in [4.78, 5) is 17.6. The Bertz CT molecular complexity index is 1040. The highest BCUT2D eigenvalue weighted by molar-refractivity contribution is 6.02. The molecule has 0 saturated heterocycles. The van der Waals surface area contributed by atoms with Crippen molar-refractivity contribution in [2.75, 3.05) is 0 Å². The van der Waals surface area contributed by atoms with Crippen LogP contribution in [0, 0.1) is 30.4 Å². The van der Waals surface area contributed by atoms with Gasteiger partial charge >= 0.3 is 0 Å². The molecule has 1 saturated carbocycles. The zero-order valence-electron chi connectivity index (χ0n) is 17.9. The van der Waals surface area contributed by atoms with Gasteiger partial charge in [0.05, 0.1) is 5.71 Å². The van der Waals surface area contributed by atoms with Crippen LogP contribution in [0.4, 0.5) is 8.78 Å². The van der Waals surface area contributed by atoms with Gasteiger partial charge in [-0.2, -0.15) is 0 Å². The number of rotatable bonds is 5. The molecular formula is C24H29F2N3O2. The Kier molecular flexibility index (Phi) is 6.49. The molecule has 1 aliphatic heterocycles. The molecule has 7 heteroatoms. The molecule has 0 radical (unpaired) electrons. The Morgan fingerprint density at radius 1 is 1.23 bits per heavy atom. The molecular weight excluding hydrogens is 400 g/mol. The van der Waals surface area contributed by atoms with Gasteiger partial charge in [-0.05, 0) is 76.3 Å². The summed E-state index contributed by atoms with van der Waals surface area (Å²) in [5, 5.41) is 12.8. The van der Waals surface area contributed by atoms with E-state index in [2.05, 4.69) is 10.1 Å². The molecule has 0 atom stereocenters. The van der Waals surface area contributed by atoms with Crippen LogP contribution in [0.1, 0.15) is 67.6 Å². The van der Waals surface area contributed by atoms with E-state index in [4.69, 9.17) is 0 Å². The fourth-order valence-electron chi connectivity index (χ4n) is 5.14. The van der Waals surface area contributed by atoms with Crippen LogP contribution in [-0.2, 0) is 19.4 Å². The molecule has 1 aromatic carbocycles. The van der Waals surface area contributed by atoms with Gasteiger partial charge < -0.3 is 5.21 Å². The van der Waals surface area contributed by atoms with E-state index in [1.165, 1.54) is 12.1 Å². The van der Waals surface area contributed by atoms with Crippen molar-refractivity contribution in [1.82, 2.24) is 9.55 Å². The second kappa shape index (κ2) is 9.28. The lowest BCUT2D eigenvalue weighted by atomic mass is 9.76. The van der Waals surface area contributed by atoms with E-state index in [0.29, 0.717) is 11.6 Å². The van der Waals surface area contributed by atoms with E-state index in [-0.39, 0.29) is 17.0 Å². The number of hydrogen-bond donors (Lipinski definition) is 1. The van der Waals surface area contributed by atoms with E-state index in [9.17, 15) is 18.8 Å². The zero-order valence-corrected chi connectivity index (χ0v) is 17.9. The summed E-state index contributed by atoms with van der Waals surface area (Å²) < 4.78 is 29.2. The molecule has 1 fully saturated rings. The van der Waals surface area contributed by atoms with Crippen molar-refractivity contribution in [3.05, 3.63) is 62.8 Å². The summed E-state index contributed by atoms with van der Waals surface area (Å²) >= 11 is 0. The maximum atomic E-state index is 14.2. The number of aromatic nitrogens is 2. The van der Waals surface area contributed by atoms with Crippen LogP contribution in [0.3, 0.4) is 0 Å². The largest absolute Gasteiger partial charge is 0.411 e. The van der Waals surface area contributed by atoms with Crippen LogP contribution >= 0.6 is 0 Å². The van der Waals surface area contributed by atoms with Gasteiger partial charge in [-0.25, -0.2) is 13.8 Å². The minimum Gasteiger partial charge on any atom is -0.411 e. The van der Waals surface area contributed by atoms with Gasteiger partial charge in [0.15, 0.2) is 0 Å². The van der Waals surface area contributed by atoms with Crippen LogP contribution in [0.15, 0.2) is 28.1 Å². The van der Waals surface area contributed by atoms with E-state index in [1.807, 2.05) is 11.5 Å². The fourth-order valence-corrected chi connectivity index (χ4v) is 5.14. The van der Waals surface area contributed by atoms with Gasteiger partial charge in [0.1, 0.15) is 17.5 Å². The Morgan fingerprint density at radius 2 is 2.00 bits per heavy atom. The van der Waals surface area contributed by atoms with E-state index in [0.717, 1.165) is 87.5 Å². The molecule has 166 valence electrons. The first kappa shape index (κ1) is 21.7. The predicted octanol–water partition coefficient (Wildman–Crippen LogP) is 4.78. The number of oxime groups is 1. The van der Waals surface area contributed by atoms with E-state index >= 15 is 0 Å². The number of aryl methyl sites for hydroxylation is 2. The molecule has 2 aliphatic rings. The van der Waals surface area contributed by atoms with Crippen molar-refractivity contribution in [3.63, 3.8) is 0 Å². The molecule has 1 aliphatic carbocycles. The van der Waals surface area contributed by atoms with Crippen LogP contribution in [0.2, 0.25) is 0 Å². The molecule has 1 aromatic heterocycles. The number of hydrogen-bond acceptors (Lipinski definition) is 4. The lowest BCUT2D eigenvalue weighted by Gasteiger charge is -2.29. The van der Waals surface area contributed by atoms with E-state index < -0.39 is 11.6 Å². The third kappa shape index (κ3) is 4.55. The maximum Gasteiger partial charge on any atom is 0.256 e. The lowest BCUT2D eigenvalue weighted by Crippen LogP contribution is -2.32. The van der Waals surface area contributed by atoms with Gasteiger partial charge in [0.25, 0.3) is 5.56 Å². The van der Waals surface area contributed by atoms with Crippen molar-refractivity contribution in [3.8, 4) is 0 Å². The second-order valence-corrected chi connectivity index (χ2v) is 8.87. The first-order chi connectivity index (χ1) is 15.0. The number of fused-ring (bicyclic) bond motifs is 1. The highest BCUT2D eigenvalue weighted by Gasteiger charge is 2.28. The second-order valence-electron chi connectivity index (χ2n) is 8.87. The molecule has 0 bridgehead atoms. The van der Waals surface area contributed by atoms with Crippen molar-refractivity contribution in [1.29, 1.82) is 0 Å². The Hall–Kier alpha value is -2.57. The smallest absolute Gasteiger partial charge is 0.256 e. The molecule has 0 amide bonds. The Labute approximate surface area is 180 Å². The summed E-state index contributed by atoms with van der Waals surface area (Å²) in [5.74, 6) is -0.0224. The van der Waals surface area contributed by atoms with Gasteiger partial charge in [-0.1, -0.05) is 5.16 Å². The number of benzene rings is 1. The quantitative estimate of drug-likeness (QED) is 0.422. The summed E-state index contributed by atoms with van der Waals surface area (Å²) in [7, 11) is 0. The first-order valence-corrected chi connectivity index (χ1v) is 11.2. The summed E-state index contributed by atoms with van der Waals surface area (Å²) in [6.45, 7) is 2.70. The van der Waals surface area contributed by atoms with Crippen molar-refractivity contribution in [2.45, 2.75) is 71.3 Å². The highest BCUT2D eigenvalue weighted by Crippen LogP contribution is 2.34. The van der Waals surface area contributed by atoms with Crippen LogP contribution in [0.25, 0.3) is 0 Å². The third-order valence-electron chi connectivity index (χ3n) is 6.93. The summed E-state index contributed by atoms with van der Waals surface area (Å²) in [5.41, 5.74) is 2.27. The molecule has 0 spiro atoms. The summed E-state index contributed by atoms with van der Waals surface area (Å²) in [6.07, 6.45) is 8.05. The normalized spacial score (nSPS) is 21.7. The van der Waals surface area contributed by atoms with Gasteiger partial charge in [-0.15, -0.1) is 0 Å². The fraction of sp³-hybridized carbons (Fsp3) is 0.542. The molecule has 2 aromatic rings. The van der Waals surface area contributed by atoms with Gasteiger partial charge in [0, 0.05) is 41.8 Å². The lowest BCUT2D eigenvalue weighted by molar-refractivity contribution is 0.286. The van der Waals surface area contributed by atoms with Crippen LogP contribution in [-0.4, -0.2) is 20.5 Å². The molecule has 0 unspecified atom stereocenters. The number of halogens is 2. The maximum absolute atomic E-state index is 14.2. The topological polar surface area (TPSA) is 67.5 Å². The monoisotopic (exact) mass is 429 g/mol. The molecule has 5 nitrogen and oxygen atoms in total. The molecule has 1 N–H and O–H groups in total. The molecule has 31 heavy (non-hydrogen) atoms. The minimum absolute atomic E-state index is 0.0565. The Balaban J connectivity index is 1.38. The minimum atomic E-state index is -0.703. The Morgan fingerprint density at radius 3 is 2.71 bits per heavy atom. The zero-order chi connectivity index (χ0) is 22.0. The van der Waals surface area contributed by atoms with Crippen molar-refractivity contribution >= 4 is 5.71 Å². The van der Waals surface area contributed by atoms with E-state index in [1.54, 1.807) is 0 Å². The van der Waals surface area contributed by atoms with Crippen LogP contribution < -0.4 is 5.56 Å². The van der Waals surface area contributed by atoms with Crippen molar-refractivity contribution < 1.29 is 14.0 Å². The van der Waals surface area contributed by atoms with Gasteiger partial charge in [-0.3, -0.25) is 9.36 Å². The third-order valence-corrected chi connectivity index (χ3v) is 6.93. The highest BCUT2D eigenvalue weighted by atomic mass is 19.1. The molecule has 4 rings (SSSR count). The summed E-state index contributed by atoms with van der Waals surface area (Å²) in [6, 6.07) is 3.34. The average Bonchev–Trinajstić information content (AvgIpc) is 2.76. The standard InChI is InChI=1S/C24H29F2N3O2/c1-15-19(24(30)29-13-3-2-4-22(29)27-15)11-7-16-5-8-17(9-6-16)23(28-31)20-12-10-18(25)14-21(20)26/h10,12,14,16-17,31H,2-9,11,13H2,1H3/b28-23-. The van der Waals surface area contributed by atoms with Gasteiger partial charge in [0.2, 0.25) is 0 Å². The van der Waals surface area contributed by atoms with Crippen molar-refractivity contribution in [2.24, 2.45) is 17.0 Å². The first-order valence-electron chi connectivity index (χ1n) is 11.2. The number of nitrogens with zero attached hydrogens (tertiary/aromatic N) is 3. The molecule has 2 heterocycles. The van der Waals surface area contributed by atoms with Crippen LogP contribution in [0.5, 0.6) is 0 Å². The predicted molar refractivity (Wildman–Crippen MR) is 115 cm³/mol. The SMILES string of the molecule is Cc1nc2n(c(=O)c1CCC1CCC(/C(=N/O)c3ccc(F)cc3F)CC1)CCCC2.